The molecule has 0 bridgehead atoms. The van der Waals surface area contributed by atoms with E-state index >= 15 is 0 Å². The number of thiophene rings is 1. The lowest BCUT2D eigenvalue weighted by atomic mass is 10.1. The van der Waals surface area contributed by atoms with Crippen LogP contribution in [0.25, 0.3) is 0 Å². The molecule has 2 amide bonds. The normalized spacial score (nSPS) is 11.8. The first-order valence-corrected chi connectivity index (χ1v) is 7.86. The van der Waals surface area contributed by atoms with E-state index in [0.29, 0.717) is 22.2 Å². The SMILES string of the molecule is COc1ccccc1[C@@H](O)CNC(=O)NCc1ccc(Cl)s1. The number of amides is 2. The van der Waals surface area contributed by atoms with E-state index in [0.717, 1.165) is 4.88 Å². The third kappa shape index (κ3) is 4.62. The molecule has 0 saturated carbocycles. The number of carbonyl (C=O) groups excluding carboxylic acids is 1. The summed E-state index contributed by atoms with van der Waals surface area (Å²) < 4.78 is 5.87. The molecule has 3 N–H and O–H groups in total. The van der Waals surface area contributed by atoms with Crippen molar-refractivity contribution >= 4 is 29.0 Å². The van der Waals surface area contributed by atoms with Crippen LogP contribution >= 0.6 is 22.9 Å². The number of hydrogen-bond acceptors (Lipinski definition) is 4. The Morgan fingerprint density at radius 1 is 1.32 bits per heavy atom. The van der Waals surface area contributed by atoms with Crippen LogP contribution in [0.4, 0.5) is 4.79 Å². The quantitative estimate of drug-likeness (QED) is 0.757. The van der Waals surface area contributed by atoms with Gasteiger partial charge in [0.15, 0.2) is 0 Å². The van der Waals surface area contributed by atoms with Gasteiger partial charge in [-0.25, -0.2) is 4.79 Å². The molecule has 0 aliphatic carbocycles. The predicted molar refractivity (Wildman–Crippen MR) is 87.5 cm³/mol. The van der Waals surface area contributed by atoms with E-state index in [1.807, 2.05) is 18.2 Å². The zero-order valence-electron chi connectivity index (χ0n) is 12.0. The Labute approximate surface area is 137 Å². The Balaban J connectivity index is 1.80. The number of halogens is 1. The number of benzene rings is 1. The summed E-state index contributed by atoms with van der Waals surface area (Å²) in [5, 5.41) is 15.5. The summed E-state index contributed by atoms with van der Waals surface area (Å²) >= 11 is 7.23. The smallest absolute Gasteiger partial charge is 0.315 e. The van der Waals surface area contributed by atoms with E-state index < -0.39 is 6.10 Å². The fraction of sp³-hybridized carbons (Fsp3) is 0.267. The molecule has 1 heterocycles. The molecule has 0 aliphatic heterocycles. The van der Waals surface area contributed by atoms with Crippen LogP contribution in [0.5, 0.6) is 5.75 Å². The second-order valence-electron chi connectivity index (χ2n) is 4.53. The Hall–Kier alpha value is -1.76. The first kappa shape index (κ1) is 16.6. The molecule has 7 heteroatoms. The fourth-order valence-electron chi connectivity index (χ4n) is 1.92. The third-order valence-electron chi connectivity index (χ3n) is 3.01. The van der Waals surface area contributed by atoms with Gasteiger partial charge in [-0.1, -0.05) is 29.8 Å². The maximum atomic E-state index is 11.7. The first-order chi connectivity index (χ1) is 10.6. The topological polar surface area (TPSA) is 70.6 Å². The number of carbonyl (C=O) groups is 1. The van der Waals surface area contributed by atoms with Crippen molar-refractivity contribution in [1.82, 2.24) is 10.6 Å². The Bertz CT molecular complexity index is 633. The molecule has 0 unspecified atom stereocenters. The highest BCUT2D eigenvalue weighted by atomic mass is 35.5. The van der Waals surface area contributed by atoms with Gasteiger partial charge in [0.25, 0.3) is 0 Å². The van der Waals surface area contributed by atoms with Gasteiger partial charge in [0.05, 0.1) is 24.1 Å². The van der Waals surface area contributed by atoms with Gasteiger partial charge in [0.1, 0.15) is 5.75 Å². The summed E-state index contributed by atoms with van der Waals surface area (Å²) in [6.07, 6.45) is -0.835. The van der Waals surface area contributed by atoms with Gasteiger partial charge in [0.2, 0.25) is 0 Å². The van der Waals surface area contributed by atoms with Gasteiger partial charge < -0.3 is 20.5 Å². The second-order valence-corrected chi connectivity index (χ2v) is 6.33. The molecule has 0 radical (unpaired) electrons. The molecule has 0 aliphatic rings. The summed E-state index contributed by atoms with van der Waals surface area (Å²) in [5.41, 5.74) is 0.635. The summed E-state index contributed by atoms with van der Waals surface area (Å²) in [5.74, 6) is 0.588. The summed E-state index contributed by atoms with van der Waals surface area (Å²) in [7, 11) is 1.54. The summed E-state index contributed by atoms with van der Waals surface area (Å²) in [6.45, 7) is 0.491. The van der Waals surface area contributed by atoms with Crippen molar-refractivity contribution in [3.63, 3.8) is 0 Å². The van der Waals surface area contributed by atoms with Crippen LogP contribution in [0.15, 0.2) is 36.4 Å². The average Bonchev–Trinajstić information content (AvgIpc) is 2.96. The van der Waals surface area contributed by atoms with Crippen LogP contribution in [0.2, 0.25) is 4.34 Å². The van der Waals surface area contributed by atoms with Gasteiger partial charge in [-0.05, 0) is 18.2 Å². The van der Waals surface area contributed by atoms with Gasteiger partial charge in [0, 0.05) is 17.0 Å². The van der Waals surface area contributed by atoms with E-state index in [2.05, 4.69) is 10.6 Å². The van der Waals surface area contributed by atoms with E-state index in [-0.39, 0.29) is 12.6 Å². The van der Waals surface area contributed by atoms with Crippen LogP contribution in [-0.2, 0) is 6.54 Å². The Morgan fingerprint density at radius 3 is 2.77 bits per heavy atom. The average molecular weight is 341 g/mol. The zero-order valence-corrected chi connectivity index (χ0v) is 13.6. The van der Waals surface area contributed by atoms with Crippen molar-refractivity contribution in [1.29, 1.82) is 0 Å². The third-order valence-corrected chi connectivity index (χ3v) is 4.24. The van der Waals surface area contributed by atoms with Crippen LogP contribution in [0.3, 0.4) is 0 Å². The highest BCUT2D eigenvalue weighted by Crippen LogP contribution is 2.24. The number of rotatable bonds is 6. The highest BCUT2D eigenvalue weighted by molar-refractivity contribution is 7.16. The summed E-state index contributed by atoms with van der Waals surface area (Å²) in [6, 6.07) is 10.4. The molecule has 0 saturated heterocycles. The molecule has 2 rings (SSSR count). The number of urea groups is 1. The van der Waals surface area contributed by atoms with Crippen molar-refractivity contribution in [3.8, 4) is 5.75 Å². The maximum Gasteiger partial charge on any atom is 0.315 e. The number of nitrogens with one attached hydrogen (secondary N) is 2. The van der Waals surface area contributed by atoms with Crippen LogP contribution in [0.1, 0.15) is 16.5 Å². The van der Waals surface area contributed by atoms with Crippen molar-refractivity contribution in [2.45, 2.75) is 12.6 Å². The number of methoxy groups -OCH3 is 1. The molecule has 1 aromatic heterocycles. The first-order valence-electron chi connectivity index (χ1n) is 6.67. The van der Waals surface area contributed by atoms with Crippen LogP contribution < -0.4 is 15.4 Å². The molecule has 118 valence electrons. The predicted octanol–water partition coefficient (Wildman–Crippen LogP) is 2.94. The van der Waals surface area contributed by atoms with Crippen molar-refractivity contribution < 1.29 is 14.6 Å². The number of aliphatic hydroxyl groups is 1. The number of ether oxygens (including phenoxy) is 1. The van der Waals surface area contributed by atoms with Crippen molar-refractivity contribution in [3.05, 3.63) is 51.2 Å². The minimum absolute atomic E-state index is 0.0946. The Morgan fingerprint density at radius 2 is 2.09 bits per heavy atom. The van der Waals surface area contributed by atoms with Gasteiger partial charge in [-0.2, -0.15) is 0 Å². The fourth-order valence-corrected chi connectivity index (χ4v) is 2.94. The second kappa shape index (κ2) is 8.03. The summed E-state index contributed by atoms with van der Waals surface area (Å²) in [4.78, 5) is 12.7. The van der Waals surface area contributed by atoms with E-state index in [4.69, 9.17) is 16.3 Å². The molecular formula is C15H17ClN2O3S. The van der Waals surface area contributed by atoms with Gasteiger partial charge in [-0.15, -0.1) is 11.3 Å². The van der Waals surface area contributed by atoms with Crippen LogP contribution in [-0.4, -0.2) is 24.8 Å². The van der Waals surface area contributed by atoms with Crippen molar-refractivity contribution in [2.75, 3.05) is 13.7 Å². The molecule has 1 atom stereocenters. The minimum Gasteiger partial charge on any atom is -0.496 e. The Kier molecular flexibility index (Phi) is 6.06. The number of hydrogen-bond donors (Lipinski definition) is 3. The number of para-hydroxylation sites is 1. The maximum absolute atomic E-state index is 11.7. The molecule has 5 nitrogen and oxygen atoms in total. The standard InChI is InChI=1S/C15H17ClN2O3S/c1-21-13-5-3-2-4-11(13)12(19)9-18-15(20)17-8-10-6-7-14(16)22-10/h2-7,12,19H,8-9H2,1H3,(H2,17,18,20)/t12-/m0/s1. The van der Waals surface area contributed by atoms with Crippen LogP contribution in [0, 0.1) is 0 Å². The van der Waals surface area contributed by atoms with E-state index in [1.165, 1.54) is 18.4 Å². The highest BCUT2D eigenvalue weighted by Gasteiger charge is 2.13. The molecule has 0 spiro atoms. The van der Waals surface area contributed by atoms with Gasteiger partial charge in [-0.3, -0.25) is 0 Å². The zero-order chi connectivity index (χ0) is 15.9. The van der Waals surface area contributed by atoms with Gasteiger partial charge >= 0.3 is 6.03 Å². The number of aliphatic hydroxyl groups excluding tert-OH is 1. The lowest BCUT2D eigenvalue weighted by Gasteiger charge is -2.15. The molecule has 1 aromatic carbocycles. The van der Waals surface area contributed by atoms with Crippen molar-refractivity contribution in [2.24, 2.45) is 0 Å². The molecular weight excluding hydrogens is 324 g/mol. The minimum atomic E-state index is -0.835. The van der Waals surface area contributed by atoms with E-state index in [9.17, 15) is 9.90 Å². The molecule has 0 fully saturated rings. The largest absolute Gasteiger partial charge is 0.496 e. The molecule has 22 heavy (non-hydrogen) atoms. The lowest BCUT2D eigenvalue weighted by Crippen LogP contribution is -2.37. The monoisotopic (exact) mass is 340 g/mol. The molecule has 2 aromatic rings. The van der Waals surface area contributed by atoms with E-state index in [1.54, 1.807) is 18.2 Å². The lowest BCUT2D eigenvalue weighted by molar-refractivity contribution is 0.169.